The normalized spacial score (nSPS) is 19.3. The molecule has 0 saturated heterocycles. The Kier molecular flexibility index (Phi) is 6.28. The molecule has 2 heterocycles. The van der Waals surface area contributed by atoms with Gasteiger partial charge in [0.2, 0.25) is 5.43 Å². The maximum Gasteiger partial charge on any atom is 0.276 e. The molecule has 3 N–H and O–H groups in total. The number of pyridine rings is 1. The highest BCUT2D eigenvalue weighted by atomic mass is 19.1. The smallest absolute Gasteiger partial charge is 0.276 e. The molecule has 0 saturated carbocycles. The third kappa shape index (κ3) is 4.32. The number of hydrogen-bond acceptors (Lipinski definition) is 5. The van der Waals surface area contributed by atoms with E-state index in [2.05, 4.69) is 10.7 Å². The van der Waals surface area contributed by atoms with Crippen LogP contribution in [0.25, 0.3) is 0 Å². The Morgan fingerprint density at radius 1 is 1.16 bits per heavy atom. The zero-order valence-corrected chi connectivity index (χ0v) is 17.4. The molecule has 0 spiro atoms. The summed E-state index contributed by atoms with van der Waals surface area (Å²) in [6.07, 6.45) is 4.55. The van der Waals surface area contributed by atoms with Crippen LogP contribution in [0, 0.1) is 17.5 Å². The summed E-state index contributed by atoms with van der Waals surface area (Å²) in [5.74, 6) is -6.20. The van der Waals surface area contributed by atoms with Crippen molar-refractivity contribution in [2.45, 2.75) is 32.5 Å². The molecule has 0 bridgehead atoms. The Balaban J connectivity index is 1.99. The first-order chi connectivity index (χ1) is 15.0. The van der Waals surface area contributed by atoms with Crippen LogP contribution in [0.2, 0.25) is 0 Å². The molecule has 1 aliphatic rings. The summed E-state index contributed by atoms with van der Waals surface area (Å²) in [5, 5.41) is 12.6. The van der Waals surface area contributed by atoms with E-state index in [-0.39, 0.29) is 17.8 Å². The highest BCUT2D eigenvalue weighted by Crippen LogP contribution is 2.19. The number of likely N-dealkylation sites (N-methyl/N-ethyl adjacent to an activating group) is 1. The number of halogens is 3. The second-order valence-corrected chi connectivity index (χ2v) is 7.43. The van der Waals surface area contributed by atoms with Gasteiger partial charge in [-0.1, -0.05) is 12.2 Å². The van der Waals surface area contributed by atoms with Gasteiger partial charge in [-0.3, -0.25) is 19.1 Å². The van der Waals surface area contributed by atoms with Crippen molar-refractivity contribution in [3.63, 3.8) is 0 Å². The molecule has 32 heavy (non-hydrogen) atoms. The van der Waals surface area contributed by atoms with E-state index in [1.807, 2.05) is 0 Å². The molecule has 0 aliphatic carbocycles. The van der Waals surface area contributed by atoms with Gasteiger partial charge in [0, 0.05) is 43.5 Å². The quantitative estimate of drug-likeness (QED) is 0.620. The van der Waals surface area contributed by atoms with E-state index in [1.165, 1.54) is 11.9 Å². The molecular weight excluding hydrogens is 429 g/mol. The molecule has 11 heteroatoms. The zero-order valence-electron chi connectivity index (χ0n) is 17.4. The molecule has 3 rings (SSSR count). The lowest BCUT2D eigenvalue weighted by molar-refractivity contribution is 0.0755. The standard InChI is InChI=1S/C21H21F3N4O4/c1-10-4-5-11(2)27(3)21(32)17-19(30)18(29)14(9-28(17)26-10)20(31)25-8-13-15(23)6-12(22)7-16(13)24/h4-7,9-11,26,30H,8H2,1-3H3,(H,25,31)/b5-4-/t10-,11+/m1/s1. The van der Waals surface area contributed by atoms with Gasteiger partial charge < -0.3 is 20.7 Å². The van der Waals surface area contributed by atoms with Gasteiger partial charge in [0.25, 0.3) is 11.8 Å². The summed E-state index contributed by atoms with van der Waals surface area (Å²) in [6, 6.07) is 0.232. The van der Waals surface area contributed by atoms with Gasteiger partial charge in [-0.05, 0) is 13.8 Å². The van der Waals surface area contributed by atoms with Crippen LogP contribution in [0.5, 0.6) is 5.75 Å². The van der Waals surface area contributed by atoms with Gasteiger partial charge in [-0.15, -0.1) is 0 Å². The van der Waals surface area contributed by atoms with Gasteiger partial charge in [-0.2, -0.15) is 0 Å². The van der Waals surface area contributed by atoms with Gasteiger partial charge in [0.15, 0.2) is 11.4 Å². The minimum atomic E-state index is -1.21. The molecule has 2 atom stereocenters. The van der Waals surface area contributed by atoms with E-state index in [1.54, 1.807) is 26.0 Å². The summed E-state index contributed by atoms with van der Waals surface area (Å²) >= 11 is 0. The molecule has 1 aromatic carbocycles. The second kappa shape index (κ2) is 8.77. The lowest BCUT2D eigenvalue weighted by atomic mass is 10.1. The van der Waals surface area contributed by atoms with Gasteiger partial charge in [0.1, 0.15) is 23.0 Å². The molecule has 8 nitrogen and oxygen atoms in total. The molecule has 2 amide bonds. The van der Waals surface area contributed by atoms with Crippen LogP contribution in [0.1, 0.15) is 40.3 Å². The number of rotatable bonds is 3. The van der Waals surface area contributed by atoms with Crippen molar-refractivity contribution < 1.29 is 27.9 Å². The maximum atomic E-state index is 13.8. The Morgan fingerprint density at radius 3 is 2.41 bits per heavy atom. The van der Waals surface area contributed by atoms with E-state index in [4.69, 9.17) is 0 Å². The summed E-state index contributed by atoms with van der Waals surface area (Å²) in [6.45, 7) is 2.82. The molecular formula is C21H21F3N4O4. The third-order valence-electron chi connectivity index (χ3n) is 5.11. The number of benzene rings is 1. The SMILES string of the molecule is C[C@@H]1/C=C\[C@H](C)N(C)C(=O)c2c(O)c(=O)c(C(=O)NCc3c(F)cc(F)cc3F)cn2N1. The first-order valence-electron chi connectivity index (χ1n) is 9.63. The average Bonchev–Trinajstić information content (AvgIpc) is 2.75. The van der Waals surface area contributed by atoms with E-state index >= 15 is 0 Å². The molecule has 0 fully saturated rings. The summed E-state index contributed by atoms with van der Waals surface area (Å²) in [7, 11) is 1.49. The number of aromatic hydroxyl groups is 1. The number of carbonyl (C=O) groups excluding carboxylic acids is 2. The number of nitrogens with zero attached hydrogens (tertiary/aromatic N) is 2. The monoisotopic (exact) mass is 450 g/mol. The molecule has 0 radical (unpaired) electrons. The predicted octanol–water partition coefficient (Wildman–Crippen LogP) is 1.86. The maximum absolute atomic E-state index is 13.8. The Bertz CT molecular complexity index is 1160. The lowest BCUT2D eigenvalue weighted by Crippen LogP contribution is -2.39. The van der Waals surface area contributed by atoms with E-state index in [0.717, 1.165) is 10.9 Å². The number of hydrogen-bond donors (Lipinski definition) is 3. The molecule has 2 aromatic rings. The summed E-state index contributed by atoms with van der Waals surface area (Å²) in [4.78, 5) is 39.4. The second-order valence-electron chi connectivity index (χ2n) is 7.43. The number of nitrogens with one attached hydrogen (secondary N) is 2. The highest BCUT2D eigenvalue weighted by molar-refractivity contribution is 5.98. The van der Waals surface area contributed by atoms with Crippen molar-refractivity contribution in [2.75, 3.05) is 12.5 Å². The van der Waals surface area contributed by atoms with Crippen molar-refractivity contribution in [1.29, 1.82) is 0 Å². The topological polar surface area (TPSA) is 104 Å². The average molecular weight is 450 g/mol. The van der Waals surface area contributed by atoms with Crippen LogP contribution < -0.4 is 16.2 Å². The van der Waals surface area contributed by atoms with Gasteiger partial charge >= 0.3 is 0 Å². The van der Waals surface area contributed by atoms with Gasteiger partial charge in [-0.25, -0.2) is 13.2 Å². The predicted molar refractivity (Wildman–Crippen MR) is 109 cm³/mol. The van der Waals surface area contributed by atoms with Crippen LogP contribution >= 0.6 is 0 Å². The van der Waals surface area contributed by atoms with E-state index in [0.29, 0.717) is 12.1 Å². The fraction of sp³-hybridized carbons (Fsp3) is 0.286. The fourth-order valence-electron chi connectivity index (χ4n) is 3.15. The molecule has 170 valence electrons. The van der Waals surface area contributed by atoms with Crippen LogP contribution in [0.3, 0.4) is 0 Å². The largest absolute Gasteiger partial charge is 0.502 e. The van der Waals surface area contributed by atoms with E-state index in [9.17, 15) is 32.7 Å². The van der Waals surface area contributed by atoms with Crippen LogP contribution in [-0.2, 0) is 6.54 Å². The number of amides is 2. The van der Waals surface area contributed by atoms with Crippen LogP contribution in [0.4, 0.5) is 13.2 Å². The zero-order chi connectivity index (χ0) is 23.7. The fourth-order valence-corrected chi connectivity index (χ4v) is 3.15. The van der Waals surface area contributed by atoms with Gasteiger partial charge in [0.05, 0.1) is 6.04 Å². The number of fused-ring (bicyclic) bond motifs is 1. The van der Waals surface area contributed by atoms with Crippen molar-refractivity contribution in [2.24, 2.45) is 0 Å². The third-order valence-corrected chi connectivity index (χ3v) is 5.11. The molecule has 0 unspecified atom stereocenters. The summed E-state index contributed by atoms with van der Waals surface area (Å²) in [5.41, 5.74) is 0.203. The van der Waals surface area contributed by atoms with Crippen molar-refractivity contribution >= 4 is 11.8 Å². The first kappa shape index (κ1) is 22.9. The van der Waals surface area contributed by atoms with E-state index < -0.39 is 58.1 Å². The number of carbonyl (C=O) groups is 2. The highest BCUT2D eigenvalue weighted by Gasteiger charge is 2.29. The lowest BCUT2D eigenvalue weighted by Gasteiger charge is -2.24. The Morgan fingerprint density at radius 2 is 1.78 bits per heavy atom. The molecule has 1 aromatic heterocycles. The molecule has 1 aliphatic heterocycles. The first-order valence-corrected chi connectivity index (χ1v) is 9.63. The minimum absolute atomic E-state index is 0.337. The van der Waals surface area contributed by atoms with Crippen LogP contribution in [-0.4, -0.2) is 45.6 Å². The Labute approximate surface area is 180 Å². The number of aromatic nitrogens is 1. The minimum Gasteiger partial charge on any atom is -0.502 e. The van der Waals surface area contributed by atoms with Crippen molar-refractivity contribution in [1.82, 2.24) is 14.9 Å². The Hall–Kier alpha value is -3.76. The van der Waals surface area contributed by atoms with Crippen molar-refractivity contribution in [3.05, 3.63) is 75.0 Å². The van der Waals surface area contributed by atoms with Crippen LogP contribution in [0.15, 0.2) is 35.3 Å². The summed E-state index contributed by atoms with van der Waals surface area (Å²) < 4.78 is 41.7. The van der Waals surface area contributed by atoms with Crippen molar-refractivity contribution in [3.8, 4) is 5.75 Å².